The summed E-state index contributed by atoms with van der Waals surface area (Å²) in [5, 5.41) is 12.4. The van der Waals surface area contributed by atoms with Crippen LogP contribution in [0.1, 0.15) is 60.2 Å². The van der Waals surface area contributed by atoms with Crippen molar-refractivity contribution in [1.29, 1.82) is 0 Å². The van der Waals surface area contributed by atoms with Crippen molar-refractivity contribution < 1.29 is 13.5 Å². The molecule has 0 fully saturated rings. The third-order valence-electron chi connectivity index (χ3n) is 6.84. The van der Waals surface area contributed by atoms with Gasteiger partial charge in [0.15, 0.2) is 9.84 Å². The van der Waals surface area contributed by atoms with Gasteiger partial charge in [0.25, 0.3) is 0 Å². The van der Waals surface area contributed by atoms with E-state index in [9.17, 15) is 13.5 Å². The summed E-state index contributed by atoms with van der Waals surface area (Å²) in [5.74, 6) is 0.378. The summed E-state index contributed by atoms with van der Waals surface area (Å²) in [6.07, 6.45) is 6.79. The zero-order valence-corrected chi connectivity index (χ0v) is 24.8. The Bertz CT molecular complexity index is 1830. The normalized spacial score (nSPS) is 12.8. The van der Waals surface area contributed by atoms with E-state index in [1.54, 1.807) is 44.3 Å². The van der Waals surface area contributed by atoms with E-state index < -0.39 is 15.4 Å². The minimum atomic E-state index is -3.32. The molecule has 2 heterocycles. The van der Waals surface area contributed by atoms with Crippen molar-refractivity contribution in [3.63, 3.8) is 0 Å². The van der Waals surface area contributed by atoms with Crippen molar-refractivity contribution in [1.82, 2.24) is 9.97 Å². The van der Waals surface area contributed by atoms with E-state index in [-0.39, 0.29) is 4.90 Å². The Kier molecular flexibility index (Phi) is 7.48. The van der Waals surface area contributed by atoms with Crippen molar-refractivity contribution in [3.05, 3.63) is 112 Å². The number of pyridine rings is 1. The molecular weight excluding hydrogens is 537 g/mol. The first-order chi connectivity index (χ1) is 18.9. The van der Waals surface area contributed by atoms with Crippen molar-refractivity contribution in [2.75, 3.05) is 6.26 Å². The predicted molar refractivity (Wildman–Crippen MR) is 165 cm³/mol. The highest BCUT2D eigenvalue weighted by atomic mass is 32.2. The molecule has 0 aliphatic carbocycles. The quantitative estimate of drug-likeness (QED) is 0.204. The summed E-state index contributed by atoms with van der Waals surface area (Å²) >= 11 is 1.42. The second-order valence-corrected chi connectivity index (χ2v) is 13.9. The lowest BCUT2D eigenvalue weighted by Crippen LogP contribution is -2.12. The fourth-order valence-electron chi connectivity index (χ4n) is 4.56. The molecule has 204 valence electrons. The highest BCUT2D eigenvalue weighted by molar-refractivity contribution is 7.90. The van der Waals surface area contributed by atoms with Crippen LogP contribution in [-0.4, -0.2) is 29.7 Å². The highest BCUT2D eigenvalue weighted by Crippen LogP contribution is 2.36. The third kappa shape index (κ3) is 5.92. The monoisotopic (exact) mass is 568 g/mol. The number of hydrogen-bond acceptors (Lipinski definition) is 6. The van der Waals surface area contributed by atoms with Crippen LogP contribution in [0.25, 0.3) is 33.7 Å². The van der Waals surface area contributed by atoms with Crippen molar-refractivity contribution in [2.24, 2.45) is 0 Å². The molecule has 0 atom stereocenters. The Balaban J connectivity index is 1.66. The van der Waals surface area contributed by atoms with Crippen LogP contribution in [0.15, 0.2) is 90.1 Å². The molecule has 7 heteroatoms. The Morgan fingerprint density at radius 2 is 1.73 bits per heavy atom. The topological polar surface area (TPSA) is 80.2 Å². The zero-order chi connectivity index (χ0) is 28.7. The molecule has 5 rings (SSSR count). The molecule has 1 N–H and O–H groups in total. The molecule has 0 spiro atoms. The van der Waals surface area contributed by atoms with Gasteiger partial charge in [0.05, 0.1) is 20.9 Å². The average molecular weight is 569 g/mol. The lowest BCUT2D eigenvalue weighted by atomic mass is 9.93. The number of aromatic nitrogens is 2. The van der Waals surface area contributed by atoms with Gasteiger partial charge in [0.2, 0.25) is 0 Å². The van der Waals surface area contributed by atoms with E-state index in [0.717, 1.165) is 48.6 Å². The average Bonchev–Trinajstić information content (AvgIpc) is 3.42. The van der Waals surface area contributed by atoms with Gasteiger partial charge < -0.3 is 5.11 Å². The summed E-state index contributed by atoms with van der Waals surface area (Å²) in [6.45, 7) is 7.86. The first-order valence-electron chi connectivity index (χ1n) is 13.1. The van der Waals surface area contributed by atoms with Gasteiger partial charge in [-0.2, -0.15) is 0 Å². The largest absolute Gasteiger partial charge is 0.385 e. The second kappa shape index (κ2) is 10.7. The van der Waals surface area contributed by atoms with E-state index in [0.29, 0.717) is 5.92 Å². The molecule has 0 amide bonds. The van der Waals surface area contributed by atoms with Crippen LogP contribution in [0.3, 0.4) is 0 Å². The van der Waals surface area contributed by atoms with Crippen molar-refractivity contribution in [3.8, 4) is 11.1 Å². The molecule has 5 nitrogen and oxygen atoms in total. The molecule has 0 unspecified atom stereocenters. The summed E-state index contributed by atoms with van der Waals surface area (Å²) in [6, 6.07) is 23.7. The number of benzene rings is 3. The lowest BCUT2D eigenvalue weighted by molar-refractivity contribution is 0.0823. The molecule has 5 aromatic rings. The third-order valence-corrected chi connectivity index (χ3v) is 9.31. The number of hydrogen-bond donors (Lipinski definition) is 1. The minimum Gasteiger partial charge on any atom is -0.385 e. The Labute approximate surface area is 239 Å². The van der Waals surface area contributed by atoms with Gasteiger partial charge >= 0.3 is 0 Å². The second-order valence-electron chi connectivity index (χ2n) is 10.9. The Morgan fingerprint density at radius 3 is 2.38 bits per heavy atom. The van der Waals surface area contributed by atoms with Gasteiger partial charge in [-0.1, -0.05) is 50.2 Å². The van der Waals surface area contributed by atoms with Crippen molar-refractivity contribution >= 4 is 43.7 Å². The summed E-state index contributed by atoms with van der Waals surface area (Å²) in [5.41, 5.74) is 5.98. The molecule has 3 aromatic carbocycles. The first kappa shape index (κ1) is 27.9. The van der Waals surface area contributed by atoms with Crippen LogP contribution in [0.2, 0.25) is 0 Å². The first-order valence-corrected chi connectivity index (χ1v) is 15.8. The Hall–Kier alpha value is -3.65. The molecule has 0 aliphatic heterocycles. The molecule has 0 aliphatic rings. The Morgan fingerprint density at radius 1 is 0.975 bits per heavy atom. The van der Waals surface area contributed by atoms with Crippen LogP contribution in [0, 0.1) is 0 Å². The molecule has 2 aromatic heterocycles. The maximum Gasteiger partial charge on any atom is 0.175 e. The van der Waals surface area contributed by atoms with E-state index in [1.807, 2.05) is 24.4 Å². The van der Waals surface area contributed by atoms with Crippen LogP contribution in [0.4, 0.5) is 0 Å². The maximum atomic E-state index is 12.1. The fraction of sp³-hybridized carbons (Fsp3) is 0.212. The summed E-state index contributed by atoms with van der Waals surface area (Å²) < 4.78 is 24.1. The SMILES string of the molecule is CC(C)c1cc(-c2cccc(C=C(c3ccc(S(C)(=O)=O)cc3)c3ncc(C(C)(C)O)s3)c2)c2ncccc2c1. The van der Waals surface area contributed by atoms with Crippen LogP contribution in [0.5, 0.6) is 0 Å². The maximum absolute atomic E-state index is 12.1. The van der Waals surface area contributed by atoms with Gasteiger partial charge in [-0.15, -0.1) is 11.3 Å². The lowest BCUT2D eigenvalue weighted by Gasteiger charge is -2.14. The number of thiazole rings is 1. The molecule has 0 saturated heterocycles. The van der Waals surface area contributed by atoms with E-state index >= 15 is 0 Å². The highest BCUT2D eigenvalue weighted by Gasteiger charge is 2.21. The molecule has 40 heavy (non-hydrogen) atoms. The number of nitrogens with zero attached hydrogens (tertiary/aromatic N) is 2. The van der Waals surface area contributed by atoms with Crippen LogP contribution in [-0.2, 0) is 15.4 Å². The number of sulfone groups is 1. The van der Waals surface area contributed by atoms with Crippen LogP contribution < -0.4 is 0 Å². The fourth-order valence-corrected chi connectivity index (χ4v) is 6.15. The smallest absolute Gasteiger partial charge is 0.175 e. The van der Waals surface area contributed by atoms with Gasteiger partial charge in [-0.05, 0) is 84.5 Å². The van der Waals surface area contributed by atoms with E-state index in [4.69, 9.17) is 4.98 Å². The molecular formula is C33H32N2O3S2. The molecule has 0 radical (unpaired) electrons. The van der Waals surface area contributed by atoms with E-state index in [1.165, 1.54) is 23.2 Å². The van der Waals surface area contributed by atoms with Crippen molar-refractivity contribution in [2.45, 2.75) is 44.1 Å². The van der Waals surface area contributed by atoms with Gasteiger partial charge in [0.1, 0.15) is 5.01 Å². The molecule has 0 saturated carbocycles. The van der Waals surface area contributed by atoms with Gasteiger partial charge in [-0.3, -0.25) is 4.98 Å². The van der Waals surface area contributed by atoms with Gasteiger partial charge in [0, 0.05) is 35.2 Å². The number of rotatable bonds is 7. The summed E-state index contributed by atoms with van der Waals surface area (Å²) in [7, 11) is -3.32. The standard InChI is InChI=1S/C33H32N2O3S2/c1-21(2)26-18-25-10-7-15-34-31(25)28(19-26)24-9-6-8-22(16-24)17-29(32-35-20-30(39-32)33(3,4)36)23-11-13-27(14-12-23)40(5,37)38/h6-21,36H,1-5H3. The number of fused-ring (bicyclic) bond motifs is 1. The predicted octanol–water partition coefficient (Wildman–Crippen LogP) is 7.70. The molecule has 0 bridgehead atoms. The van der Waals surface area contributed by atoms with Gasteiger partial charge in [-0.25, -0.2) is 13.4 Å². The van der Waals surface area contributed by atoms with Crippen LogP contribution >= 0.6 is 11.3 Å². The summed E-state index contributed by atoms with van der Waals surface area (Å²) in [4.78, 5) is 10.4. The minimum absolute atomic E-state index is 0.262. The number of aliphatic hydroxyl groups is 1. The van der Waals surface area contributed by atoms with E-state index in [2.05, 4.69) is 55.2 Å². The zero-order valence-electron chi connectivity index (χ0n) is 23.2.